The zero-order valence-corrected chi connectivity index (χ0v) is 18.4. The Morgan fingerprint density at radius 3 is 2.50 bits per heavy atom. The highest BCUT2D eigenvalue weighted by Crippen LogP contribution is 2.37. The molecule has 3 amide bonds. The molecule has 1 aromatic heterocycles. The number of amides is 3. The number of rotatable bonds is 5. The molecule has 1 saturated heterocycles. The number of hydrogen-bond acceptors (Lipinski definition) is 5. The van der Waals surface area contributed by atoms with E-state index in [2.05, 4.69) is 20.6 Å². The lowest BCUT2D eigenvalue weighted by Gasteiger charge is -2.24. The van der Waals surface area contributed by atoms with Gasteiger partial charge in [0.05, 0.1) is 22.7 Å². The second kappa shape index (κ2) is 8.70. The van der Waals surface area contributed by atoms with Crippen LogP contribution in [0.15, 0.2) is 24.5 Å². The number of halogens is 2. The number of aromatic nitrogens is 2. The lowest BCUT2D eigenvalue weighted by atomic mass is 9.88. The van der Waals surface area contributed by atoms with Crippen molar-refractivity contribution in [3.05, 3.63) is 57.1 Å². The Kier molecular flexibility index (Phi) is 6.43. The molecule has 0 bridgehead atoms. The van der Waals surface area contributed by atoms with E-state index < -0.39 is 17.2 Å². The molecule has 158 valence electrons. The van der Waals surface area contributed by atoms with Crippen LogP contribution in [-0.2, 0) is 26.3 Å². The van der Waals surface area contributed by atoms with Crippen LogP contribution >= 0.6 is 23.2 Å². The standard InChI is InChI=1S/C21H22Cl2N4O3/c1-11-8-24-10-16(26-11)21(2,3)20(30)25-9-12-6-14(22)18(15(23)7-12)13-4-5-17(28)27-19(13)29/h6-8,10,13H,4-5,9H2,1-3H3,(H,25,30)(H,27,28,29). The summed E-state index contributed by atoms with van der Waals surface area (Å²) in [7, 11) is 0. The first-order valence-corrected chi connectivity index (χ1v) is 10.2. The van der Waals surface area contributed by atoms with Gasteiger partial charge in [-0.05, 0) is 44.9 Å². The van der Waals surface area contributed by atoms with E-state index in [9.17, 15) is 14.4 Å². The highest BCUT2D eigenvalue weighted by Gasteiger charge is 2.33. The minimum atomic E-state index is -0.876. The molecule has 2 aromatic rings. The first-order chi connectivity index (χ1) is 14.1. The topological polar surface area (TPSA) is 101 Å². The van der Waals surface area contributed by atoms with Crippen molar-refractivity contribution in [1.82, 2.24) is 20.6 Å². The summed E-state index contributed by atoms with van der Waals surface area (Å²) in [6.45, 7) is 5.57. The zero-order valence-electron chi connectivity index (χ0n) is 16.9. The van der Waals surface area contributed by atoms with Crippen molar-refractivity contribution in [1.29, 1.82) is 0 Å². The number of aryl methyl sites for hydroxylation is 1. The van der Waals surface area contributed by atoms with E-state index in [4.69, 9.17) is 23.2 Å². The van der Waals surface area contributed by atoms with Gasteiger partial charge in [0.15, 0.2) is 0 Å². The zero-order chi connectivity index (χ0) is 22.1. The Bertz CT molecular complexity index is 1000. The molecular formula is C21H22Cl2N4O3. The molecule has 1 aliphatic heterocycles. The fourth-order valence-electron chi connectivity index (χ4n) is 3.32. The van der Waals surface area contributed by atoms with Crippen molar-refractivity contribution < 1.29 is 14.4 Å². The van der Waals surface area contributed by atoms with Crippen LogP contribution in [0.1, 0.15) is 55.1 Å². The smallest absolute Gasteiger partial charge is 0.234 e. The molecule has 1 aliphatic rings. The van der Waals surface area contributed by atoms with Crippen molar-refractivity contribution in [2.75, 3.05) is 0 Å². The SMILES string of the molecule is Cc1cncc(C(C)(C)C(=O)NCc2cc(Cl)c(C3CCC(=O)NC3=O)c(Cl)c2)n1. The van der Waals surface area contributed by atoms with Crippen molar-refractivity contribution in [2.24, 2.45) is 0 Å². The van der Waals surface area contributed by atoms with Crippen LogP contribution in [0.4, 0.5) is 0 Å². The molecule has 0 saturated carbocycles. The normalized spacial score (nSPS) is 16.9. The minimum absolute atomic E-state index is 0.205. The molecule has 9 heteroatoms. The maximum absolute atomic E-state index is 12.8. The second-order valence-electron chi connectivity index (χ2n) is 7.83. The number of piperidine rings is 1. The van der Waals surface area contributed by atoms with Crippen molar-refractivity contribution >= 4 is 40.9 Å². The average Bonchev–Trinajstić information content (AvgIpc) is 2.67. The first kappa shape index (κ1) is 22.2. The lowest BCUT2D eigenvalue weighted by Crippen LogP contribution is -2.40. The van der Waals surface area contributed by atoms with Crippen LogP contribution in [-0.4, -0.2) is 27.7 Å². The summed E-state index contributed by atoms with van der Waals surface area (Å²) >= 11 is 12.8. The molecule has 2 N–H and O–H groups in total. The summed E-state index contributed by atoms with van der Waals surface area (Å²) in [5.41, 5.74) is 1.62. The molecule has 1 atom stereocenters. The summed E-state index contributed by atoms with van der Waals surface area (Å²) in [6, 6.07) is 3.35. The maximum Gasteiger partial charge on any atom is 0.234 e. The van der Waals surface area contributed by atoms with E-state index in [0.717, 1.165) is 5.69 Å². The minimum Gasteiger partial charge on any atom is -0.351 e. The van der Waals surface area contributed by atoms with Gasteiger partial charge in [-0.15, -0.1) is 0 Å². The Hall–Kier alpha value is -2.51. The van der Waals surface area contributed by atoms with E-state index in [1.165, 1.54) is 0 Å². The van der Waals surface area contributed by atoms with Gasteiger partial charge in [0.2, 0.25) is 17.7 Å². The van der Waals surface area contributed by atoms with Crippen LogP contribution in [0.3, 0.4) is 0 Å². The van der Waals surface area contributed by atoms with Gasteiger partial charge in [0.25, 0.3) is 0 Å². The predicted octanol–water partition coefficient (Wildman–Crippen LogP) is 3.21. The second-order valence-corrected chi connectivity index (χ2v) is 8.64. The number of hydrogen-bond donors (Lipinski definition) is 2. The van der Waals surface area contributed by atoms with Crippen LogP contribution in [0, 0.1) is 6.92 Å². The largest absolute Gasteiger partial charge is 0.351 e. The fraction of sp³-hybridized carbons (Fsp3) is 0.381. The van der Waals surface area contributed by atoms with Crippen LogP contribution in [0.25, 0.3) is 0 Å². The molecular weight excluding hydrogens is 427 g/mol. The highest BCUT2D eigenvalue weighted by molar-refractivity contribution is 6.36. The number of nitrogens with one attached hydrogen (secondary N) is 2. The summed E-state index contributed by atoms with van der Waals surface area (Å²) in [4.78, 5) is 44.8. The molecule has 30 heavy (non-hydrogen) atoms. The Labute approximate surface area is 184 Å². The van der Waals surface area contributed by atoms with E-state index in [1.54, 1.807) is 38.4 Å². The van der Waals surface area contributed by atoms with Crippen molar-refractivity contribution in [3.63, 3.8) is 0 Å². The average molecular weight is 449 g/mol. The third-order valence-corrected chi connectivity index (χ3v) is 5.77. The molecule has 3 rings (SSSR count). The van der Waals surface area contributed by atoms with E-state index >= 15 is 0 Å². The number of carbonyl (C=O) groups is 3. The van der Waals surface area contributed by atoms with E-state index in [-0.39, 0.29) is 24.8 Å². The summed E-state index contributed by atoms with van der Waals surface area (Å²) in [5.74, 6) is -1.50. The lowest BCUT2D eigenvalue weighted by molar-refractivity contribution is -0.134. The Morgan fingerprint density at radius 2 is 1.90 bits per heavy atom. The van der Waals surface area contributed by atoms with Crippen molar-refractivity contribution in [3.8, 4) is 0 Å². The van der Waals surface area contributed by atoms with Gasteiger partial charge in [-0.2, -0.15) is 0 Å². The highest BCUT2D eigenvalue weighted by atomic mass is 35.5. The van der Waals surface area contributed by atoms with Crippen LogP contribution < -0.4 is 10.6 Å². The number of nitrogens with zero attached hydrogens (tertiary/aromatic N) is 2. The first-order valence-electron chi connectivity index (χ1n) is 9.48. The summed E-state index contributed by atoms with van der Waals surface area (Å²) in [5, 5.41) is 5.84. The van der Waals surface area contributed by atoms with Gasteiger partial charge in [-0.1, -0.05) is 23.2 Å². The Morgan fingerprint density at radius 1 is 1.23 bits per heavy atom. The number of benzene rings is 1. The molecule has 1 fully saturated rings. The maximum atomic E-state index is 12.8. The molecule has 1 unspecified atom stereocenters. The third kappa shape index (κ3) is 4.63. The molecule has 0 aliphatic carbocycles. The Balaban J connectivity index is 1.74. The third-order valence-electron chi connectivity index (χ3n) is 5.14. The molecule has 2 heterocycles. The van der Waals surface area contributed by atoms with Gasteiger partial charge in [0, 0.05) is 41.0 Å². The summed E-state index contributed by atoms with van der Waals surface area (Å²) in [6.07, 6.45) is 3.80. The molecule has 7 nitrogen and oxygen atoms in total. The van der Waals surface area contributed by atoms with E-state index in [1.807, 2.05) is 6.92 Å². The van der Waals surface area contributed by atoms with Crippen molar-refractivity contribution in [2.45, 2.75) is 51.5 Å². The van der Waals surface area contributed by atoms with Gasteiger partial charge in [0.1, 0.15) is 0 Å². The van der Waals surface area contributed by atoms with Gasteiger partial charge in [-0.3, -0.25) is 29.7 Å². The number of imide groups is 1. The van der Waals surface area contributed by atoms with Crippen LogP contribution in [0.5, 0.6) is 0 Å². The fourth-order valence-corrected chi connectivity index (χ4v) is 4.12. The predicted molar refractivity (Wildman–Crippen MR) is 113 cm³/mol. The molecule has 0 radical (unpaired) electrons. The summed E-state index contributed by atoms with van der Waals surface area (Å²) < 4.78 is 0. The van der Waals surface area contributed by atoms with Crippen LogP contribution in [0.2, 0.25) is 10.0 Å². The molecule has 0 spiro atoms. The van der Waals surface area contributed by atoms with Gasteiger partial charge < -0.3 is 5.32 Å². The van der Waals surface area contributed by atoms with E-state index in [0.29, 0.717) is 33.3 Å². The monoisotopic (exact) mass is 448 g/mol. The quantitative estimate of drug-likeness (QED) is 0.683. The van der Waals surface area contributed by atoms with Gasteiger partial charge >= 0.3 is 0 Å². The molecule has 1 aromatic carbocycles. The number of carbonyl (C=O) groups excluding carboxylic acids is 3. The van der Waals surface area contributed by atoms with Gasteiger partial charge in [-0.25, -0.2) is 0 Å².